The number of methoxy groups -OCH3 is 1. The van der Waals surface area contributed by atoms with Gasteiger partial charge in [0.05, 0.1) is 37.2 Å². The standard InChI is InChI=1S/C23H29N5O4/c1-15(2)31-11-9-28-19-12-17(16-7-8-20(30-4)25-13-16)24-14-18(19)26-22(23(28)29)27(3)21-6-5-10-32-21/h7-8,12-15,21H,5-6,9-11H2,1-4H3/t21-/m0/s1. The van der Waals surface area contributed by atoms with E-state index in [1.165, 1.54) is 0 Å². The summed E-state index contributed by atoms with van der Waals surface area (Å²) in [7, 11) is 3.43. The Kier molecular flexibility index (Phi) is 6.66. The lowest BCUT2D eigenvalue weighted by Gasteiger charge is -2.25. The van der Waals surface area contributed by atoms with Crippen LogP contribution in [0, 0.1) is 0 Å². The van der Waals surface area contributed by atoms with E-state index in [-0.39, 0.29) is 17.9 Å². The van der Waals surface area contributed by atoms with Crippen molar-refractivity contribution in [2.24, 2.45) is 0 Å². The van der Waals surface area contributed by atoms with Gasteiger partial charge in [-0.1, -0.05) is 0 Å². The largest absolute Gasteiger partial charge is 0.481 e. The number of hydrogen-bond donors (Lipinski definition) is 0. The first-order valence-corrected chi connectivity index (χ1v) is 10.8. The van der Waals surface area contributed by atoms with Gasteiger partial charge in [0.2, 0.25) is 5.88 Å². The number of nitrogens with zero attached hydrogens (tertiary/aromatic N) is 5. The lowest BCUT2D eigenvalue weighted by molar-refractivity contribution is 0.0728. The van der Waals surface area contributed by atoms with Gasteiger partial charge in [0.15, 0.2) is 5.82 Å². The molecule has 9 nitrogen and oxygen atoms in total. The normalized spacial score (nSPS) is 16.1. The minimum Gasteiger partial charge on any atom is -0.481 e. The summed E-state index contributed by atoms with van der Waals surface area (Å²) in [6.07, 6.45) is 5.17. The topological polar surface area (TPSA) is 91.6 Å². The van der Waals surface area contributed by atoms with E-state index in [9.17, 15) is 4.79 Å². The maximum Gasteiger partial charge on any atom is 0.294 e. The van der Waals surface area contributed by atoms with E-state index in [1.54, 1.807) is 30.1 Å². The van der Waals surface area contributed by atoms with Gasteiger partial charge in [-0.2, -0.15) is 0 Å². The van der Waals surface area contributed by atoms with Crippen molar-refractivity contribution in [2.75, 3.05) is 32.3 Å². The quantitative estimate of drug-likeness (QED) is 0.529. The molecule has 0 amide bonds. The van der Waals surface area contributed by atoms with Crippen LogP contribution in [0.2, 0.25) is 0 Å². The third kappa shape index (κ3) is 4.58. The second-order valence-corrected chi connectivity index (χ2v) is 8.04. The Labute approximate surface area is 187 Å². The van der Waals surface area contributed by atoms with Crippen LogP contribution in [0.15, 0.2) is 35.4 Å². The third-order valence-electron chi connectivity index (χ3n) is 5.49. The van der Waals surface area contributed by atoms with E-state index in [1.807, 2.05) is 37.9 Å². The van der Waals surface area contributed by atoms with Crippen LogP contribution in [0.3, 0.4) is 0 Å². The van der Waals surface area contributed by atoms with Crippen molar-refractivity contribution < 1.29 is 14.2 Å². The molecule has 1 aliphatic rings. The van der Waals surface area contributed by atoms with Crippen molar-refractivity contribution in [1.29, 1.82) is 0 Å². The first-order chi connectivity index (χ1) is 15.5. The molecule has 0 spiro atoms. The second kappa shape index (κ2) is 9.62. The SMILES string of the molecule is COc1ccc(-c2cc3c(cn2)nc(N(C)[C@@H]2CCCO2)c(=O)n3CCOC(C)C)cn1. The molecule has 170 valence electrons. The highest BCUT2D eigenvalue weighted by atomic mass is 16.5. The van der Waals surface area contributed by atoms with Crippen molar-refractivity contribution in [2.45, 2.75) is 45.6 Å². The number of rotatable bonds is 8. The Hall–Kier alpha value is -3.04. The Morgan fingerprint density at radius 2 is 2.12 bits per heavy atom. The zero-order chi connectivity index (χ0) is 22.7. The van der Waals surface area contributed by atoms with Crippen LogP contribution >= 0.6 is 0 Å². The summed E-state index contributed by atoms with van der Waals surface area (Å²) in [6, 6.07) is 5.54. The fraction of sp³-hybridized carbons (Fsp3) is 0.478. The molecule has 0 radical (unpaired) electrons. The summed E-state index contributed by atoms with van der Waals surface area (Å²) in [6.45, 7) is 5.47. The molecule has 1 saturated heterocycles. The summed E-state index contributed by atoms with van der Waals surface area (Å²) < 4.78 is 18.3. The smallest absolute Gasteiger partial charge is 0.294 e. The van der Waals surface area contributed by atoms with Crippen molar-refractivity contribution in [3.63, 3.8) is 0 Å². The Bertz CT molecular complexity index is 1120. The lowest BCUT2D eigenvalue weighted by atomic mass is 10.2. The molecule has 3 aromatic heterocycles. The zero-order valence-electron chi connectivity index (χ0n) is 18.9. The molecule has 3 aromatic rings. The molecule has 0 aromatic carbocycles. The van der Waals surface area contributed by atoms with Crippen LogP contribution in [-0.2, 0) is 16.0 Å². The highest BCUT2D eigenvalue weighted by Crippen LogP contribution is 2.24. The number of fused-ring (bicyclic) bond motifs is 1. The van der Waals surface area contributed by atoms with Gasteiger partial charge in [0.1, 0.15) is 11.7 Å². The summed E-state index contributed by atoms with van der Waals surface area (Å²) in [5.74, 6) is 0.885. The van der Waals surface area contributed by atoms with Gasteiger partial charge in [0.25, 0.3) is 5.56 Å². The number of ether oxygens (including phenoxy) is 3. The predicted molar refractivity (Wildman–Crippen MR) is 122 cm³/mol. The number of aromatic nitrogens is 4. The molecule has 0 unspecified atom stereocenters. The molecular formula is C23H29N5O4. The Balaban J connectivity index is 1.78. The average Bonchev–Trinajstić information content (AvgIpc) is 3.34. The molecule has 1 fully saturated rings. The summed E-state index contributed by atoms with van der Waals surface area (Å²) in [4.78, 5) is 28.8. The molecule has 1 aliphatic heterocycles. The molecule has 0 aliphatic carbocycles. The van der Waals surface area contributed by atoms with Crippen LogP contribution in [0.4, 0.5) is 5.82 Å². The van der Waals surface area contributed by atoms with E-state index >= 15 is 0 Å². The van der Waals surface area contributed by atoms with Gasteiger partial charge in [0, 0.05) is 38.0 Å². The highest BCUT2D eigenvalue weighted by molar-refractivity contribution is 5.80. The van der Waals surface area contributed by atoms with Crippen LogP contribution in [0.1, 0.15) is 26.7 Å². The summed E-state index contributed by atoms with van der Waals surface area (Å²) >= 11 is 0. The first-order valence-electron chi connectivity index (χ1n) is 10.8. The average molecular weight is 440 g/mol. The van der Waals surface area contributed by atoms with Gasteiger partial charge >= 0.3 is 0 Å². The van der Waals surface area contributed by atoms with E-state index in [2.05, 4.69) is 15.0 Å². The molecule has 9 heteroatoms. The van der Waals surface area contributed by atoms with Crippen molar-refractivity contribution in [3.8, 4) is 17.1 Å². The monoisotopic (exact) mass is 439 g/mol. The maximum absolute atomic E-state index is 13.5. The molecule has 1 atom stereocenters. The lowest BCUT2D eigenvalue weighted by Crippen LogP contribution is -2.38. The van der Waals surface area contributed by atoms with E-state index in [0.29, 0.717) is 48.2 Å². The Morgan fingerprint density at radius 3 is 2.78 bits per heavy atom. The van der Waals surface area contributed by atoms with Crippen LogP contribution in [0.25, 0.3) is 22.3 Å². The minimum absolute atomic E-state index is 0.0791. The Morgan fingerprint density at radius 1 is 1.28 bits per heavy atom. The van der Waals surface area contributed by atoms with E-state index in [4.69, 9.17) is 14.2 Å². The third-order valence-corrected chi connectivity index (χ3v) is 5.49. The molecule has 0 saturated carbocycles. The van der Waals surface area contributed by atoms with Crippen LogP contribution in [0.5, 0.6) is 5.88 Å². The van der Waals surface area contributed by atoms with Crippen molar-refractivity contribution >= 4 is 16.9 Å². The molecule has 32 heavy (non-hydrogen) atoms. The van der Waals surface area contributed by atoms with E-state index < -0.39 is 0 Å². The predicted octanol–water partition coefficient (Wildman–Crippen LogP) is 2.86. The molecule has 0 bridgehead atoms. The van der Waals surface area contributed by atoms with E-state index in [0.717, 1.165) is 18.4 Å². The summed E-state index contributed by atoms with van der Waals surface area (Å²) in [5, 5.41) is 0. The molecule has 4 rings (SSSR count). The summed E-state index contributed by atoms with van der Waals surface area (Å²) in [5.41, 5.74) is 2.69. The highest BCUT2D eigenvalue weighted by Gasteiger charge is 2.25. The van der Waals surface area contributed by atoms with Gasteiger partial charge in [-0.25, -0.2) is 9.97 Å². The second-order valence-electron chi connectivity index (χ2n) is 8.04. The van der Waals surface area contributed by atoms with Crippen LogP contribution < -0.4 is 15.2 Å². The van der Waals surface area contributed by atoms with Crippen molar-refractivity contribution in [3.05, 3.63) is 40.9 Å². The van der Waals surface area contributed by atoms with Gasteiger partial charge < -0.3 is 23.7 Å². The number of hydrogen-bond acceptors (Lipinski definition) is 8. The number of anilines is 1. The fourth-order valence-corrected chi connectivity index (χ4v) is 3.78. The van der Waals surface area contributed by atoms with Gasteiger partial charge in [-0.3, -0.25) is 9.78 Å². The minimum atomic E-state index is -0.173. The van der Waals surface area contributed by atoms with Gasteiger partial charge in [-0.15, -0.1) is 0 Å². The number of pyridine rings is 2. The zero-order valence-corrected chi connectivity index (χ0v) is 18.9. The first kappa shape index (κ1) is 22.2. The maximum atomic E-state index is 13.5. The molecular weight excluding hydrogens is 410 g/mol. The van der Waals surface area contributed by atoms with Gasteiger partial charge in [-0.05, 0) is 38.8 Å². The van der Waals surface area contributed by atoms with Crippen molar-refractivity contribution in [1.82, 2.24) is 19.5 Å². The molecule has 0 N–H and O–H groups in total. The molecule has 4 heterocycles. The van der Waals surface area contributed by atoms with Crippen LogP contribution in [-0.4, -0.2) is 59.2 Å². The fourth-order valence-electron chi connectivity index (χ4n) is 3.78.